The van der Waals surface area contributed by atoms with E-state index in [1.807, 2.05) is 37.3 Å². The zero-order valence-corrected chi connectivity index (χ0v) is 27.6. The Morgan fingerprint density at radius 3 is 2.50 bits per heavy atom. The lowest BCUT2D eigenvalue weighted by Gasteiger charge is -2.39. The van der Waals surface area contributed by atoms with Crippen LogP contribution in [0, 0.1) is 11.8 Å². The molecule has 2 N–H and O–H groups in total. The number of aliphatic hydroxyl groups excluding tert-OH is 1. The Bertz CT molecular complexity index is 1490. The molecule has 0 unspecified atom stereocenters. The molecule has 0 radical (unpaired) electrons. The zero-order chi connectivity index (χ0) is 34.4. The minimum atomic E-state index is -1.27. The molecule has 5 rings (SSSR count). The Kier molecular flexibility index (Phi) is 11.0. The number of carbonyl (C=O) groups excluding carboxylic acids is 4. The van der Waals surface area contributed by atoms with Crippen molar-refractivity contribution in [1.82, 2.24) is 10.2 Å². The number of rotatable bonds is 16. The molecule has 3 saturated heterocycles. The number of amides is 3. The van der Waals surface area contributed by atoms with E-state index < -0.39 is 59.5 Å². The third kappa shape index (κ3) is 6.49. The number of benzene rings is 2. The number of hydrogen-bond acceptors (Lipinski definition) is 8. The van der Waals surface area contributed by atoms with Crippen LogP contribution in [-0.2, 0) is 28.7 Å². The van der Waals surface area contributed by atoms with Crippen LogP contribution in [0.1, 0.15) is 50.6 Å². The van der Waals surface area contributed by atoms with Crippen molar-refractivity contribution in [3.63, 3.8) is 0 Å². The number of likely N-dealkylation sites (tertiary alicyclic amines) is 1. The summed E-state index contributed by atoms with van der Waals surface area (Å²) < 4.78 is 17.5. The lowest BCUT2D eigenvalue weighted by atomic mass is 9.70. The molecule has 1 spiro atoms. The van der Waals surface area contributed by atoms with E-state index in [0.29, 0.717) is 37.1 Å². The molecule has 3 aliphatic rings. The van der Waals surface area contributed by atoms with Crippen LogP contribution in [-0.4, -0.2) is 84.4 Å². The highest BCUT2D eigenvalue weighted by molar-refractivity contribution is 6.05. The number of methoxy groups -OCH3 is 1. The van der Waals surface area contributed by atoms with Gasteiger partial charge in [-0.1, -0.05) is 49.4 Å². The van der Waals surface area contributed by atoms with Crippen molar-refractivity contribution in [2.45, 2.75) is 68.9 Å². The maximum absolute atomic E-state index is 14.7. The average Bonchev–Trinajstić information content (AvgIpc) is 3.76. The predicted octanol–water partition coefficient (Wildman–Crippen LogP) is 3.73. The molecule has 11 nitrogen and oxygen atoms in total. The van der Waals surface area contributed by atoms with Gasteiger partial charge in [0, 0.05) is 18.7 Å². The Labute approximate surface area is 281 Å². The second-order valence-electron chi connectivity index (χ2n) is 12.5. The van der Waals surface area contributed by atoms with Gasteiger partial charge >= 0.3 is 5.97 Å². The van der Waals surface area contributed by atoms with Crippen LogP contribution in [0.25, 0.3) is 0 Å². The lowest BCUT2D eigenvalue weighted by Crippen LogP contribution is -2.59. The fraction of sp³-hybridized carbons (Fsp3) is 0.459. The van der Waals surface area contributed by atoms with E-state index in [2.05, 4.69) is 18.5 Å². The largest absolute Gasteiger partial charge is 0.497 e. The van der Waals surface area contributed by atoms with Gasteiger partial charge in [0.25, 0.3) is 5.91 Å². The molecule has 0 aliphatic carbocycles. The predicted molar refractivity (Wildman–Crippen MR) is 179 cm³/mol. The van der Waals surface area contributed by atoms with E-state index >= 15 is 0 Å². The van der Waals surface area contributed by atoms with Gasteiger partial charge < -0.3 is 34.4 Å². The summed E-state index contributed by atoms with van der Waals surface area (Å²) in [6, 6.07) is 13.8. The minimum Gasteiger partial charge on any atom is -0.497 e. The average molecular weight is 660 g/mol. The van der Waals surface area contributed by atoms with E-state index in [0.717, 1.165) is 5.56 Å². The van der Waals surface area contributed by atoms with Gasteiger partial charge in [-0.25, -0.2) is 0 Å². The molecule has 0 saturated carbocycles. The second kappa shape index (κ2) is 15.2. The third-order valence-electron chi connectivity index (χ3n) is 9.79. The van der Waals surface area contributed by atoms with Crippen LogP contribution in [0.5, 0.6) is 5.75 Å². The molecule has 48 heavy (non-hydrogen) atoms. The normalized spacial score (nSPS) is 25.1. The monoisotopic (exact) mass is 659 g/mol. The van der Waals surface area contributed by atoms with E-state index in [9.17, 15) is 24.3 Å². The molecular formula is C37H45N3O8. The second-order valence-corrected chi connectivity index (χ2v) is 12.5. The first-order chi connectivity index (χ1) is 23.2. The van der Waals surface area contributed by atoms with Crippen molar-refractivity contribution >= 4 is 29.4 Å². The van der Waals surface area contributed by atoms with E-state index in [4.69, 9.17) is 14.2 Å². The topological polar surface area (TPSA) is 135 Å². The van der Waals surface area contributed by atoms with E-state index in [1.54, 1.807) is 48.4 Å². The summed E-state index contributed by atoms with van der Waals surface area (Å²) in [4.78, 5) is 58.8. The highest BCUT2D eigenvalue weighted by atomic mass is 16.5. The summed E-state index contributed by atoms with van der Waals surface area (Å²) in [6.07, 6.45) is 4.57. The Balaban J connectivity index is 1.47. The summed E-state index contributed by atoms with van der Waals surface area (Å²) in [5.74, 6) is -2.81. The molecule has 2 aromatic rings. The number of allylic oxidation sites excluding steroid dienone is 1. The van der Waals surface area contributed by atoms with Gasteiger partial charge in [-0.2, -0.15) is 0 Å². The molecule has 0 aromatic heterocycles. The standard InChI is InChI=1S/C37H45N3O8/c1-5-8-14-30(42)47-23-28(24-12-10-9-11-13-24)38-34(43)31-29-19-20-37(48-29)32(31)35(44)40(25(7-3)22-41)33(37)36(45)39(21-6-2)26-15-17-27(46-4)18-16-26/h5-6,9-13,15-18,25,28-29,31-33,41H,1-2,7-8,14,19-23H2,3-4H3,(H,38,43)/t25-,28-,29-,31+,32+,33-,37+/m0/s1. The smallest absolute Gasteiger partial charge is 0.306 e. The zero-order valence-electron chi connectivity index (χ0n) is 27.6. The summed E-state index contributed by atoms with van der Waals surface area (Å²) in [5.41, 5.74) is 0.0500. The summed E-state index contributed by atoms with van der Waals surface area (Å²) in [6.45, 7) is 9.05. The van der Waals surface area contributed by atoms with Crippen LogP contribution < -0.4 is 15.0 Å². The molecular weight excluding hydrogens is 614 g/mol. The number of anilines is 1. The van der Waals surface area contributed by atoms with Crippen molar-refractivity contribution in [2.24, 2.45) is 11.8 Å². The molecule has 3 fully saturated rings. The van der Waals surface area contributed by atoms with Crippen LogP contribution in [0.3, 0.4) is 0 Å². The van der Waals surface area contributed by atoms with Crippen LogP contribution in [0.4, 0.5) is 5.69 Å². The lowest BCUT2D eigenvalue weighted by molar-refractivity contribution is -0.146. The van der Waals surface area contributed by atoms with Gasteiger partial charge in [0.2, 0.25) is 11.8 Å². The number of aliphatic hydroxyl groups is 1. The number of hydrogen-bond donors (Lipinski definition) is 2. The molecule has 3 amide bonds. The molecule has 256 valence electrons. The molecule has 3 heterocycles. The molecule has 11 heteroatoms. The van der Waals surface area contributed by atoms with Crippen LogP contribution >= 0.6 is 0 Å². The molecule has 2 bridgehead atoms. The van der Waals surface area contributed by atoms with E-state index in [-0.39, 0.29) is 32.1 Å². The van der Waals surface area contributed by atoms with Crippen molar-refractivity contribution < 1.29 is 38.5 Å². The molecule has 7 atom stereocenters. The Morgan fingerprint density at radius 1 is 1.15 bits per heavy atom. The number of esters is 1. The first kappa shape index (κ1) is 34.8. The number of nitrogens with zero attached hydrogens (tertiary/aromatic N) is 2. The maximum Gasteiger partial charge on any atom is 0.306 e. The summed E-state index contributed by atoms with van der Waals surface area (Å²) in [7, 11) is 1.56. The van der Waals surface area contributed by atoms with E-state index in [1.165, 1.54) is 4.90 Å². The van der Waals surface area contributed by atoms with Gasteiger partial charge in [-0.3, -0.25) is 19.2 Å². The van der Waals surface area contributed by atoms with Gasteiger partial charge in [-0.15, -0.1) is 13.2 Å². The van der Waals surface area contributed by atoms with Crippen LogP contribution in [0.2, 0.25) is 0 Å². The van der Waals surface area contributed by atoms with Crippen LogP contribution in [0.15, 0.2) is 79.9 Å². The maximum atomic E-state index is 14.7. The first-order valence-corrected chi connectivity index (χ1v) is 16.5. The van der Waals surface area contributed by atoms with Crippen molar-refractivity contribution in [3.8, 4) is 5.75 Å². The van der Waals surface area contributed by atoms with Gasteiger partial charge in [0.15, 0.2) is 0 Å². The first-order valence-electron chi connectivity index (χ1n) is 16.5. The van der Waals surface area contributed by atoms with Gasteiger partial charge in [-0.05, 0) is 55.5 Å². The summed E-state index contributed by atoms with van der Waals surface area (Å²) >= 11 is 0. The van der Waals surface area contributed by atoms with Crippen molar-refractivity contribution in [1.29, 1.82) is 0 Å². The quantitative estimate of drug-likeness (QED) is 0.206. The Hall–Kier alpha value is -4.48. The molecule has 2 aromatic carbocycles. The fourth-order valence-electron chi connectivity index (χ4n) is 7.48. The number of fused-ring (bicyclic) bond motifs is 1. The Morgan fingerprint density at radius 2 is 1.88 bits per heavy atom. The fourth-order valence-corrected chi connectivity index (χ4v) is 7.48. The van der Waals surface area contributed by atoms with Crippen molar-refractivity contribution in [3.05, 3.63) is 85.5 Å². The number of nitrogens with one attached hydrogen (secondary N) is 1. The number of ether oxygens (including phenoxy) is 3. The minimum absolute atomic E-state index is 0.0955. The summed E-state index contributed by atoms with van der Waals surface area (Å²) in [5, 5.41) is 13.5. The molecule has 3 aliphatic heterocycles. The number of carbonyl (C=O) groups is 4. The highest BCUT2D eigenvalue weighted by Crippen LogP contribution is 2.59. The van der Waals surface area contributed by atoms with Gasteiger partial charge in [0.1, 0.15) is 24.0 Å². The highest BCUT2D eigenvalue weighted by Gasteiger charge is 2.75. The SMILES string of the molecule is C=CCCC(=O)OC[C@H](NC(=O)[C@@H]1[C@@H]2CC[C@]3(O2)[C@H](C(=O)N(CC=C)c2ccc(OC)cc2)N([C@@H](CC)CO)C(=O)[C@@H]13)c1ccccc1. The third-order valence-corrected chi connectivity index (χ3v) is 9.79. The van der Waals surface area contributed by atoms with Gasteiger partial charge in [0.05, 0.1) is 43.7 Å². The van der Waals surface area contributed by atoms with Crippen molar-refractivity contribution in [2.75, 3.05) is 31.8 Å².